The Kier molecular flexibility index (Phi) is 5.64. The quantitative estimate of drug-likeness (QED) is 0.455. The maximum atomic E-state index is 12.2. The van der Waals surface area contributed by atoms with Crippen LogP contribution in [-0.4, -0.2) is 32.8 Å². The van der Waals surface area contributed by atoms with E-state index in [0.29, 0.717) is 18.2 Å². The molecule has 0 atom stereocenters. The summed E-state index contributed by atoms with van der Waals surface area (Å²) in [6, 6.07) is 16.8. The molecule has 2 aromatic carbocycles. The van der Waals surface area contributed by atoms with Crippen molar-refractivity contribution in [2.45, 2.75) is 31.3 Å². The standard InChI is InChI=1S/C21H22N4OS2/c1-14(2)16-9-7-15(8-10-16)11-12-22-19(26)13-27-20-23-24-21-25(20)17-5-3-4-6-18(17)28-21/h3-10,14H,11-13H2,1-2H3,(H,22,26). The summed E-state index contributed by atoms with van der Waals surface area (Å²) in [5.74, 6) is 0.881. The molecule has 4 aromatic rings. The summed E-state index contributed by atoms with van der Waals surface area (Å²) < 4.78 is 3.19. The van der Waals surface area contributed by atoms with Gasteiger partial charge in [0.05, 0.1) is 16.0 Å². The van der Waals surface area contributed by atoms with Crippen molar-refractivity contribution >= 4 is 44.2 Å². The van der Waals surface area contributed by atoms with Gasteiger partial charge < -0.3 is 5.32 Å². The second-order valence-corrected chi connectivity index (χ2v) is 8.91. The van der Waals surface area contributed by atoms with E-state index in [0.717, 1.165) is 22.1 Å². The fourth-order valence-corrected chi connectivity index (χ4v) is 4.84. The number of carbonyl (C=O) groups excluding carboxylic acids is 1. The van der Waals surface area contributed by atoms with Crippen LogP contribution < -0.4 is 5.32 Å². The molecule has 0 unspecified atom stereocenters. The smallest absolute Gasteiger partial charge is 0.230 e. The molecule has 0 bridgehead atoms. The van der Waals surface area contributed by atoms with Gasteiger partial charge in [0.1, 0.15) is 0 Å². The molecule has 1 amide bonds. The average Bonchev–Trinajstić information content (AvgIpc) is 3.26. The third kappa shape index (κ3) is 4.05. The van der Waals surface area contributed by atoms with Gasteiger partial charge in [-0.1, -0.05) is 73.3 Å². The molecule has 1 N–H and O–H groups in total. The molecule has 2 aromatic heterocycles. The van der Waals surface area contributed by atoms with E-state index in [1.807, 2.05) is 16.5 Å². The number of hydrogen-bond acceptors (Lipinski definition) is 5. The highest BCUT2D eigenvalue weighted by molar-refractivity contribution is 7.99. The second kappa shape index (κ2) is 8.32. The van der Waals surface area contributed by atoms with Crippen molar-refractivity contribution in [3.63, 3.8) is 0 Å². The largest absolute Gasteiger partial charge is 0.355 e. The predicted octanol–water partition coefficient (Wildman–Crippen LogP) is 4.52. The number of carbonyl (C=O) groups is 1. The highest BCUT2D eigenvalue weighted by Crippen LogP contribution is 2.29. The molecule has 0 aliphatic carbocycles. The van der Waals surface area contributed by atoms with Gasteiger partial charge in [-0.05, 0) is 35.6 Å². The Morgan fingerprint density at radius 2 is 1.93 bits per heavy atom. The highest BCUT2D eigenvalue weighted by atomic mass is 32.2. The predicted molar refractivity (Wildman–Crippen MR) is 116 cm³/mol. The minimum Gasteiger partial charge on any atom is -0.355 e. The molecular formula is C21H22N4OS2. The van der Waals surface area contributed by atoms with E-state index in [2.05, 4.69) is 65.8 Å². The Hall–Kier alpha value is -2.38. The summed E-state index contributed by atoms with van der Waals surface area (Å²) in [5, 5.41) is 12.2. The first-order valence-electron chi connectivity index (χ1n) is 9.33. The van der Waals surface area contributed by atoms with E-state index in [-0.39, 0.29) is 5.91 Å². The van der Waals surface area contributed by atoms with Crippen LogP contribution in [0.15, 0.2) is 53.7 Å². The topological polar surface area (TPSA) is 59.3 Å². The molecule has 0 aliphatic heterocycles. The number of hydrogen-bond donors (Lipinski definition) is 1. The van der Waals surface area contributed by atoms with Crippen LogP contribution in [0, 0.1) is 0 Å². The zero-order valence-electron chi connectivity index (χ0n) is 15.9. The molecule has 0 fully saturated rings. The molecule has 2 heterocycles. The minimum atomic E-state index is 0.0140. The molecular weight excluding hydrogens is 388 g/mol. The number of nitrogens with one attached hydrogen (secondary N) is 1. The fourth-order valence-electron chi connectivity index (χ4n) is 3.05. The average molecular weight is 411 g/mol. The molecule has 0 spiro atoms. The van der Waals surface area contributed by atoms with E-state index in [1.54, 1.807) is 11.3 Å². The summed E-state index contributed by atoms with van der Waals surface area (Å²) in [7, 11) is 0. The lowest BCUT2D eigenvalue weighted by atomic mass is 10.0. The van der Waals surface area contributed by atoms with Crippen molar-refractivity contribution in [1.29, 1.82) is 0 Å². The van der Waals surface area contributed by atoms with Crippen molar-refractivity contribution in [3.8, 4) is 0 Å². The lowest BCUT2D eigenvalue weighted by molar-refractivity contribution is -0.118. The minimum absolute atomic E-state index is 0.0140. The van der Waals surface area contributed by atoms with Gasteiger partial charge in [0.15, 0.2) is 5.16 Å². The number of para-hydroxylation sites is 1. The molecule has 0 aliphatic rings. The van der Waals surface area contributed by atoms with Gasteiger partial charge in [-0.15, -0.1) is 10.2 Å². The number of benzene rings is 2. The van der Waals surface area contributed by atoms with Gasteiger partial charge in [-0.3, -0.25) is 9.20 Å². The van der Waals surface area contributed by atoms with Crippen molar-refractivity contribution in [2.75, 3.05) is 12.3 Å². The zero-order valence-corrected chi connectivity index (χ0v) is 17.5. The summed E-state index contributed by atoms with van der Waals surface area (Å²) in [5.41, 5.74) is 3.66. The van der Waals surface area contributed by atoms with Gasteiger partial charge >= 0.3 is 0 Å². The Bertz CT molecular complexity index is 1100. The summed E-state index contributed by atoms with van der Waals surface area (Å²) in [6.07, 6.45) is 0.832. The van der Waals surface area contributed by atoms with Crippen LogP contribution in [0.4, 0.5) is 0 Å². The van der Waals surface area contributed by atoms with E-state index in [9.17, 15) is 4.79 Å². The fraction of sp³-hybridized carbons (Fsp3) is 0.286. The van der Waals surface area contributed by atoms with Crippen LogP contribution >= 0.6 is 23.1 Å². The SMILES string of the molecule is CC(C)c1ccc(CCNC(=O)CSc2nnc3sc4ccccc4n23)cc1. The van der Waals surface area contributed by atoms with Crippen LogP contribution in [0.5, 0.6) is 0 Å². The number of amides is 1. The van der Waals surface area contributed by atoms with Crippen LogP contribution in [-0.2, 0) is 11.2 Å². The lowest BCUT2D eigenvalue weighted by Gasteiger charge is -2.08. The number of rotatable bonds is 7. The number of thiazole rings is 1. The molecule has 4 rings (SSSR count). The van der Waals surface area contributed by atoms with Gasteiger partial charge in [0.25, 0.3) is 0 Å². The van der Waals surface area contributed by atoms with Crippen molar-refractivity contribution < 1.29 is 4.79 Å². The van der Waals surface area contributed by atoms with Gasteiger partial charge in [0, 0.05) is 6.54 Å². The van der Waals surface area contributed by atoms with Gasteiger partial charge in [-0.2, -0.15) is 0 Å². The van der Waals surface area contributed by atoms with Crippen LogP contribution in [0.1, 0.15) is 30.9 Å². The Morgan fingerprint density at radius 1 is 1.14 bits per heavy atom. The first-order chi connectivity index (χ1) is 13.6. The molecule has 0 radical (unpaired) electrons. The van der Waals surface area contributed by atoms with E-state index >= 15 is 0 Å². The number of thioether (sulfide) groups is 1. The first kappa shape index (κ1) is 19.0. The van der Waals surface area contributed by atoms with Gasteiger partial charge in [0.2, 0.25) is 10.9 Å². The molecule has 7 heteroatoms. The lowest BCUT2D eigenvalue weighted by Crippen LogP contribution is -2.27. The normalized spacial score (nSPS) is 11.5. The maximum absolute atomic E-state index is 12.2. The molecule has 5 nitrogen and oxygen atoms in total. The van der Waals surface area contributed by atoms with Crippen LogP contribution in [0.2, 0.25) is 0 Å². The van der Waals surface area contributed by atoms with Gasteiger partial charge in [-0.25, -0.2) is 0 Å². The number of fused-ring (bicyclic) bond motifs is 3. The number of nitrogens with zero attached hydrogens (tertiary/aromatic N) is 3. The second-order valence-electron chi connectivity index (χ2n) is 6.96. The zero-order chi connectivity index (χ0) is 19.5. The van der Waals surface area contributed by atoms with E-state index < -0.39 is 0 Å². The Labute approximate surface area is 172 Å². The third-order valence-corrected chi connectivity index (χ3v) is 6.57. The number of aromatic nitrogens is 3. The molecule has 144 valence electrons. The van der Waals surface area contributed by atoms with Crippen molar-refractivity contribution in [3.05, 3.63) is 59.7 Å². The van der Waals surface area contributed by atoms with Crippen LogP contribution in [0.3, 0.4) is 0 Å². The summed E-state index contributed by atoms with van der Waals surface area (Å²) in [4.78, 5) is 13.1. The summed E-state index contributed by atoms with van der Waals surface area (Å²) >= 11 is 3.03. The summed E-state index contributed by atoms with van der Waals surface area (Å²) in [6.45, 7) is 5.01. The monoisotopic (exact) mass is 410 g/mol. The van der Waals surface area contributed by atoms with Crippen molar-refractivity contribution in [1.82, 2.24) is 19.9 Å². The van der Waals surface area contributed by atoms with Crippen LogP contribution in [0.25, 0.3) is 15.2 Å². The molecule has 0 saturated heterocycles. The molecule has 28 heavy (non-hydrogen) atoms. The maximum Gasteiger partial charge on any atom is 0.230 e. The van der Waals surface area contributed by atoms with E-state index in [1.165, 1.54) is 27.6 Å². The molecule has 0 saturated carbocycles. The Balaban J connectivity index is 1.30. The van der Waals surface area contributed by atoms with Crippen molar-refractivity contribution in [2.24, 2.45) is 0 Å². The third-order valence-electron chi connectivity index (χ3n) is 4.63. The Morgan fingerprint density at radius 3 is 2.71 bits per heavy atom. The van der Waals surface area contributed by atoms with E-state index in [4.69, 9.17) is 0 Å². The highest BCUT2D eigenvalue weighted by Gasteiger charge is 2.13. The first-order valence-corrected chi connectivity index (χ1v) is 11.1.